The SMILES string of the molecule is CC(=O)Nc1ccc(OCC(O)CNC(C)(C)C)c(-c2cc[nH]n2)c1. The third-order valence-electron chi connectivity index (χ3n) is 3.38. The first-order chi connectivity index (χ1) is 11.7. The number of hydrogen-bond acceptors (Lipinski definition) is 5. The van der Waals surface area contributed by atoms with Gasteiger partial charge in [-0.3, -0.25) is 9.89 Å². The summed E-state index contributed by atoms with van der Waals surface area (Å²) in [6.45, 7) is 8.16. The van der Waals surface area contributed by atoms with Gasteiger partial charge in [-0.05, 0) is 45.0 Å². The van der Waals surface area contributed by atoms with Crippen LogP contribution in [0.4, 0.5) is 5.69 Å². The largest absolute Gasteiger partial charge is 0.490 e. The van der Waals surface area contributed by atoms with Crippen molar-refractivity contribution in [2.24, 2.45) is 0 Å². The van der Waals surface area contributed by atoms with Crippen LogP contribution >= 0.6 is 0 Å². The molecule has 136 valence electrons. The second-order valence-corrected chi connectivity index (χ2v) is 6.95. The molecular formula is C18H26N4O3. The highest BCUT2D eigenvalue weighted by atomic mass is 16.5. The number of amides is 1. The molecule has 0 aliphatic rings. The number of aromatic nitrogens is 2. The Morgan fingerprint density at radius 2 is 2.12 bits per heavy atom. The van der Waals surface area contributed by atoms with Crippen molar-refractivity contribution >= 4 is 11.6 Å². The Labute approximate surface area is 147 Å². The highest BCUT2D eigenvalue weighted by molar-refractivity contribution is 5.90. The number of carbonyl (C=O) groups is 1. The van der Waals surface area contributed by atoms with Gasteiger partial charge in [0, 0.05) is 36.5 Å². The third kappa shape index (κ3) is 6.21. The molecule has 2 rings (SSSR count). The van der Waals surface area contributed by atoms with E-state index >= 15 is 0 Å². The fourth-order valence-corrected chi connectivity index (χ4v) is 2.22. The lowest BCUT2D eigenvalue weighted by atomic mass is 10.1. The molecular weight excluding hydrogens is 320 g/mol. The Morgan fingerprint density at radius 3 is 2.72 bits per heavy atom. The maximum atomic E-state index is 11.3. The number of carbonyl (C=O) groups excluding carboxylic acids is 1. The number of ether oxygens (including phenoxy) is 1. The van der Waals surface area contributed by atoms with Gasteiger partial charge in [0.1, 0.15) is 18.5 Å². The van der Waals surface area contributed by atoms with Crippen molar-refractivity contribution in [3.8, 4) is 17.0 Å². The van der Waals surface area contributed by atoms with Crippen LogP contribution in [0.15, 0.2) is 30.5 Å². The summed E-state index contributed by atoms with van der Waals surface area (Å²) in [6.07, 6.45) is 1.08. The van der Waals surface area contributed by atoms with Crippen LogP contribution in [0, 0.1) is 0 Å². The Hall–Kier alpha value is -2.38. The second kappa shape index (κ2) is 8.13. The molecule has 0 spiro atoms. The van der Waals surface area contributed by atoms with Crippen LogP contribution in [0.3, 0.4) is 0 Å². The standard InChI is InChI=1S/C18H26N4O3/c1-12(23)21-13-5-6-17(15(9-13)16-7-8-20-22-16)25-11-14(24)10-19-18(2,3)4/h5-9,14,19,24H,10-11H2,1-4H3,(H,20,22)(H,21,23). The lowest BCUT2D eigenvalue weighted by Crippen LogP contribution is -2.42. The molecule has 7 nitrogen and oxygen atoms in total. The number of β-amino-alcohol motifs (C(OH)–C–C–N with tert-alkyl or cyclic N) is 1. The zero-order chi connectivity index (χ0) is 18.4. The maximum Gasteiger partial charge on any atom is 0.221 e. The van der Waals surface area contributed by atoms with Gasteiger partial charge in [-0.2, -0.15) is 5.10 Å². The van der Waals surface area contributed by atoms with Crippen molar-refractivity contribution in [1.82, 2.24) is 15.5 Å². The fourth-order valence-electron chi connectivity index (χ4n) is 2.22. The van der Waals surface area contributed by atoms with Crippen molar-refractivity contribution in [3.05, 3.63) is 30.5 Å². The van der Waals surface area contributed by atoms with Crippen molar-refractivity contribution < 1.29 is 14.6 Å². The van der Waals surface area contributed by atoms with Crippen LogP contribution in [0.5, 0.6) is 5.75 Å². The van der Waals surface area contributed by atoms with Gasteiger partial charge in [0.2, 0.25) is 5.91 Å². The van der Waals surface area contributed by atoms with Gasteiger partial charge < -0.3 is 20.5 Å². The molecule has 25 heavy (non-hydrogen) atoms. The first-order valence-corrected chi connectivity index (χ1v) is 8.22. The number of benzene rings is 1. The van der Waals surface area contributed by atoms with E-state index in [0.29, 0.717) is 23.7 Å². The molecule has 1 aromatic heterocycles. The number of rotatable bonds is 7. The Kier molecular flexibility index (Phi) is 6.17. The maximum absolute atomic E-state index is 11.3. The minimum atomic E-state index is -0.638. The molecule has 2 aromatic rings. The number of aliphatic hydroxyl groups excluding tert-OH is 1. The molecule has 0 saturated heterocycles. The molecule has 0 saturated carbocycles. The predicted octanol–water partition coefficient (Wildman–Crippen LogP) is 2.16. The van der Waals surface area contributed by atoms with Crippen LogP contribution in [0.25, 0.3) is 11.3 Å². The molecule has 4 N–H and O–H groups in total. The number of anilines is 1. The van der Waals surface area contributed by atoms with Gasteiger partial charge in [-0.25, -0.2) is 0 Å². The summed E-state index contributed by atoms with van der Waals surface area (Å²) >= 11 is 0. The Bertz CT molecular complexity index is 693. The molecule has 1 amide bonds. The first kappa shape index (κ1) is 19.0. The molecule has 0 bridgehead atoms. The van der Waals surface area contributed by atoms with Crippen molar-refractivity contribution in [2.45, 2.75) is 39.3 Å². The van der Waals surface area contributed by atoms with Crippen LogP contribution < -0.4 is 15.4 Å². The summed E-state index contributed by atoms with van der Waals surface area (Å²) in [5.41, 5.74) is 2.03. The molecule has 0 radical (unpaired) electrons. The summed E-state index contributed by atoms with van der Waals surface area (Å²) in [5, 5.41) is 23.0. The van der Waals surface area contributed by atoms with Gasteiger partial charge in [-0.15, -0.1) is 0 Å². The van der Waals surface area contributed by atoms with Gasteiger partial charge in [-0.1, -0.05) is 0 Å². The predicted molar refractivity (Wildman–Crippen MR) is 97.6 cm³/mol. The zero-order valence-electron chi connectivity index (χ0n) is 15.1. The summed E-state index contributed by atoms with van der Waals surface area (Å²) in [7, 11) is 0. The van der Waals surface area contributed by atoms with Gasteiger partial charge in [0.15, 0.2) is 0 Å². The fraction of sp³-hybridized carbons (Fsp3) is 0.444. The van der Waals surface area contributed by atoms with Crippen LogP contribution in [-0.4, -0.2) is 46.0 Å². The quantitative estimate of drug-likeness (QED) is 0.616. The van der Waals surface area contributed by atoms with Crippen LogP contribution in [0.2, 0.25) is 0 Å². The average Bonchev–Trinajstić information content (AvgIpc) is 3.04. The Balaban J connectivity index is 2.10. The van der Waals surface area contributed by atoms with E-state index in [-0.39, 0.29) is 18.1 Å². The highest BCUT2D eigenvalue weighted by Crippen LogP contribution is 2.31. The topological polar surface area (TPSA) is 99.3 Å². The Morgan fingerprint density at radius 1 is 1.36 bits per heavy atom. The second-order valence-electron chi connectivity index (χ2n) is 6.95. The molecule has 7 heteroatoms. The summed E-state index contributed by atoms with van der Waals surface area (Å²) in [4.78, 5) is 11.3. The molecule has 1 aromatic carbocycles. The van der Waals surface area contributed by atoms with E-state index in [2.05, 4.69) is 20.8 Å². The molecule has 1 heterocycles. The van der Waals surface area contributed by atoms with Crippen LogP contribution in [-0.2, 0) is 4.79 Å². The first-order valence-electron chi connectivity index (χ1n) is 8.22. The number of aliphatic hydroxyl groups is 1. The van der Waals surface area contributed by atoms with E-state index in [9.17, 15) is 9.90 Å². The van der Waals surface area contributed by atoms with E-state index in [4.69, 9.17) is 4.74 Å². The normalized spacial score (nSPS) is 12.7. The van der Waals surface area contributed by atoms with Gasteiger partial charge >= 0.3 is 0 Å². The number of hydrogen-bond donors (Lipinski definition) is 4. The van der Waals surface area contributed by atoms with Crippen molar-refractivity contribution in [1.29, 1.82) is 0 Å². The van der Waals surface area contributed by atoms with E-state index in [0.717, 1.165) is 5.56 Å². The number of H-pyrrole nitrogens is 1. The summed E-state index contributed by atoms with van der Waals surface area (Å²) < 4.78 is 5.79. The minimum absolute atomic E-state index is 0.0683. The van der Waals surface area contributed by atoms with E-state index in [1.807, 2.05) is 26.8 Å². The van der Waals surface area contributed by atoms with E-state index in [1.54, 1.807) is 24.4 Å². The zero-order valence-corrected chi connectivity index (χ0v) is 15.1. The molecule has 0 aliphatic heterocycles. The summed E-state index contributed by atoms with van der Waals surface area (Å²) in [5.74, 6) is 0.446. The minimum Gasteiger partial charge on any atom is -0.490 e. The molecule has 0 aliphatic carbocycles. The summed E-state index contributed by atoms with van der Waals surface area (Å²) in [6, 6.07) is 7.13. The molecule has 1 atom stereocenters. The molecule has 0 fully saturated rings. The number of aromatic amines is 1. The average molecular weight is 346 g/mol. The highest BCUT2D eigenvalue weighted by Gasteiger charge is 2.15. The van der Waals surface area contributed by atoms with Gasteiger partial charge in [0.05, 0.1) is 5.69 Å². The van der Waals surface area contributed by atoms with Crippen LogP contribution in [0.1, 0.15) is 27.7 Å². The van der Waals surface area contributed by atoms with E-state index in [1.165, 1.54) is 6.92 Å². The van der Waals surface area contributed by atoms with Gasteiger partial charge in [0.25, 0.3) is 0 Å². The number of nitrogens with zero attached hydrogens (tertiary/aromatic N) is 1. The van der Waals surface area contributed by atoms with Crippen molar-refractivity contribution in [3.63, 3.8) is 0 Å². The monoisotopic (exact) mass is 346 g/mol. The van der Waals surface area contributed by atoms with E-state index < -0.39 is 6.10 Å². The lowest BCUT2D eigenvalue weighted by molar-refractivity contribution is -0.114. The third-order valence-corrected chi connectivity index (χ3v) is 3.38. The smallest absolute Gasteiger partial charge is 0.221 e. The van der Waals surface area contributed by atoms with Crippen molar-refractivity contribution in [2.75, 3.05) is 18.5 Å². The number of nitrogens with one attached hydrogen (secondary N) is 3. The lowest BCUT2D eigenvalue weighted by Gasteiger charge is -2.23. The molecule has 1 unspecified atom stereocenters.